The van der Waals surface area contributed by atoms with Gasteiger partial charge >= 0.3 is 0 Å². The van der Waals surface area contributed by atoms with E-state index in [0.29, 0.717) is 13.2 Å². The van der Waals surface area contributed by atoms with Crippen LogP contribution in [0.25, 0.3) is 0 Å². The second-order valence-corrected chi connectivity index (χ2v) is 7.85. The molecule has 0 aliphatic rings. The molecular formula is C30H30O3. The van der Waals surface area contributed by atoms with Crippen molar-refractivity contribution >= 4 is 0 Å². The highest BCUT2D eigenvalue weighted by atomic mass is 16.5. The second-order valence-electron chi connectivity index (χ2n) is 7.85. The lowest BCUT2D eigenvalue weighted by molar-refractivity contribution is 0.0686. The van der Waals surface area contributed by atoms with E-state index in [1.54, 1.807) is 0 Å². The van der Waals surface area contributed by atoms with Crippen LogP contribution in [0.5, 0.6) is 11.5 Å². The molecule has 2 unspecified atom stereocenters. The Hall–Kier alpha value is -3.56. The average Bonchev–Trinajstić information content (AvgIpc) is 2.89. The largest absolute Gasteiger partial charge is 0.486 e. The van der Waals surface area contributed by atoms with Crippen molar-refractivity contribution in [2.24, 2.45) is 0 Å². The lowest BCUT2D eigenvalue weighted by Crippen LogP contribution is -2.14. The molecule has 0 bridgehead atoms. The van der Waals surface area contributed by atoms with Gasteiger partial charge < -0.3 is 14.2 Å². The third kappa shape index (κ3) is 7.23. The summed E-state index contributed by atoms with van der Waals surface area (Å²) in [5.41, 5.74) is 2.30. The molecule has 0 aliphatic heterocycles. The topological polar surface area (TPSA) is 27.7 Å². The maximum absolute atomic E-state index is 6.27. The summed E-state index contributed by atoms with van der Waals surface area (Å²) in [5, 5.41) is 0. The van der Waals surface area contributed by atoms with Crippen LogP contribution in [0.1, 0.15) is 36.2 Å². The number of hydrogen-bond acceptors (Lipinski definition) is 3. The summed E-state index contributed by atoms with van der Waals surface area (Å²) >= 11 is 0. The van der Waals surface area contributed by atoms with Crippen LogP contribution in [-0.2, 0) is 4.74 Å². The van der Waals surface area contributed by atoms with Gasteiger partial charge in [0, 0.05) is 12.8 Å². The molecule has 3 heteroatoms. The highest BCUT2D eigenvalue weighted by molar-refractivity contribution is 5.25. The molecule has 4 aromatic rings. The highest BCUT2D eigenvalue weighted by Gasteiger charge is 2.15. The van der Waals surface area contributed by atoms with E-state index in [4.69, 9.17) is 14.2 Å². The Kier molecular flexibility index (Phi) is 8.55. The van der Waals surface area contributed by atoms with Crippen LogP contribution in [-0.4, -0.2) is 13.2 Å². The second kappa shape index (κ2) is 12.5. The molecule has 0 saturated carbocycles. The predicted octanol–water partition coefficient (Wildman–Crippen LogP) is 7.42. The Labute approximate surface area is 196 Å². The molecule has 3 nitrogen and oxygen atoms in total. The first-order valence-corrected chi connectivity index (χ1v) is 11.5. The number of benzene rings is 4. The Morgan fingerprint density at radius 2 is 0.758 bits per heavy atom. The van der Waals surface area contributed by atoms with Crippen molar-refractivity contribution in [3.05, 3.63) is 132 Å². The van der Waals surface area contributed by atoms with Gasteiger partial charge in [-0.15, -0.1) is 0 Å². The lowest BCUT2D eigenvalue weighted by atomic mass is 10.1. The van der Waals surface area contributed by atoms with E-state index in [0.717, 1.165) is 35.5 Å². The fourth-order valence-corrected chi connectivity index (χ4v) is 3.73. The Morgan fingerprint density at radius 1 is 0.424 bits per heavy atom. The lowest BCUT2D eigenvalue weighted by Gasteiger charge is -2.21. The van der Waals surface area contributed by atoms with Gasteiger partial charge in [-0.2, -0.15) is 0 Å². The molecular weight excluding hydrogens is 408 g/mol. The zero-order valence-electron chi connectivity index (χ0n) is 18.8. The molecule has 0 fully saturated rings. The Morgan fingerprint density at radius 3 is 1.12 bits per heavy atom. The molecule has 4 rings (SSSR count). The van der Waals surface area contributed by atoms with Gasteiger partial charge in [-0.3, -0.25) is 0 Å². The number of ether oxygens (including phenoxy) is 3. The van der Waals surface area contributed by atoms with Crippen molar-refractivity contribution in [1.29, 1.82) is 0 Å². The van der Waals surface area contributed by atoms with Gasteiger partial charge in [0.1, 0.15) is 23.7 Å². The van der Waals surface area contributed by atoms with Crippen molar-refractivity contribution in [3.63, 3.8) is 0 Å². The molecule has 0 heterocycles. The summed E-state index contributed by atoms with van der Waals surface area (Å²) in [6.07, 6.45) is 1.43. The third-order valence-corrected chi connectivity index (χ3v) is 5.43. The first-order chi connectivity index (χ1) is 16.4. The third-order valence-electron chi connectivity index (χ3n) is 5.43. The molecule has 33 heavy (non-hydrogen) atoms. The van der Waals surface area contributed by atoms with Gasteiger partial charge in [0.2, 0.25) is 0 Å². The number of para-hydroxylation sites is 2. The van der Waals surface area contributed by atoms with Crippen molar-refractivity contribution in [1.82, 2.24) is 0 Å². The van der Waals surface area contributed by atoms with E-state index >= 15 is 0 Å². The van der Waals surface area contributed by atoms with E-state index in [1.165, 1.54) is 0 Å². The summed E-state index contributed by atoms with van der Waals surface area (Å²) < 4.78 is 18.6. The van der Waals surface area contributed by atoms with E-state index in [1.807, 2.05) is 97.1 Å². The van der Waals surface area contributed by atoms with Crippen molar-refractivity contribution < 1.29 is 14.2 Å². The summed E-state index contributed by atoms with van der Waals surface area (Å²) in [7, 11) is 0. The minimum atomic E-state index is -0.0564. The molecule has 168 valence electrons. The highest BCUT2D eigenvalue weighted by Crippen LogP contribution is 2.26. The van der Waals surface area contributed by atoms with Gasteiger partial charge in [-0.1, -0.05) is 97.1 Å². The maximum atomic E-state index is 6.27. The van der Waals surface area contributed by atoms with Gasteiger partial charge in [0.05, 0.1) is 13.2 Å². The smallest absolute Gasteiger partial charge is 0.126 e. The molecule has 0 aromatic heterocycles. The van der Waals surface area contributed by atoms with Gasteiger partial charge in [0.15, 0.2) is 0 Å². The molecule has 0 saturated heterocycles. The van der Waals surface area contributed by atoms with Crippen molar-refractivity contribution in [2.45, 2.75) is 25.0 Å². The van der Waals surface area contributed by atoms with Crippen LogP contribution in [0.3, 0.4) is 0 Å². The zero-order valence-corrected chi connectivity index (χ0v) is 18.8. The summed E-state index contributed by atoms with van der Waals surface area (Å²) in [5.74, 6) is 1.73. The van der Waals surface area contributed by atoms with Gasteiger partial charge in [0.25, 0.3) is 0 Å². The first-order valence-electron chi connectivity index (χ1n) is 11.5. The van der Waals surface area contributed by atoms with Crippen molar-refractivity contribution in [2.75, 3.05) is 13.2 Å². The molecule has 2 atom stereocenters. The van der Waals surface area contributed by atoms with Crippen LogP contribution >= 0.6 is 0 Å². The van der Waals surface area contributed by atoms with Crippen molar-refractivity contribution in [3.8, 4) is 11.5 Å². The monoisotopic (exact) mass is 438 g/mol. The summed E-state index contributed by atoms with van der Waals surface area (Å²) in [4.78, 5) is 0. The van der Waals surface area contributed by atoms with Crippen LogP contribution in [0.4, 0.5) is 0 Å². The average molecular weight is 439 g/mol. The summed E-state index contributed by atoms with van der Waals surface area (Å²) in [6.45, 7) is 1.22. The minimum Gasteiger partial charge on any atom is -0.486 e. The minimum absolute atomic E-state index is 0.0564. The zero-order chi connectivity index (χ0) is 22.6. The molecule has 4 aromatic carbocycles. The van der Waals surface area contributed by atoms with E-state index < -0.39 is 0 Å². The Bertz CT molecular complexity index is 950. The Balaban J connectivity index is 1.32. The predicted molar refractivity (Wildman–Crippen MR) is 133 cm³/mol. The van der Waals surface area contributed by atoms with Crippen LogP contribution in [0.15, 0.2) is 121 Å². The van der Waals surface area contributed by atoms with E-state index in [2.05, 4.69) is 24.3 Å². The van der Waals surface area contributed by atoms with E-state index in [-0.39, 0.29) is 12.2 Å². The first kappa shape index (κ1) is 22.6. The summed E-state index contributed by atoms with van der Waals surface area (Å²) in [6, 6.07) is 40.5. The van der Waals surface area contributed by atoms with Gasteiger partial charge in [-0.25, -0.2) is 0 Å². The fraction of sp³-hybridized carbons (Fsp3) is 0.200. The normalized spacial score (nSPS) is 12.6. The van der Waals surface area contributed by atoms with Gasteiger partial charge in [-0.05, 0) is 35.4 Å². The SMILES string of the molecule is c1ccc(OC(CCOCCC(Oc2ccccc2)c2ccccc2)c2ccccc2)cc1. The molecule has 0 N–H and O–H groups in total. The van der Waals surface area contributed by atoms with Crippen LogP contribution in [0.2, 0.25) is 0 Å². The number of hydrogen-bond donors (Lipinski definition) is 0. The molecule has 0 amide bonds. The van der Waals surface area contributed by atoms with E-state index in [9.17, 15) is 0 Å². The number of rotatable bonds is 12. The molecule has 0 spiro atoms. The fourth-order valence-electron chi connectivity index (χ4n) is 3.73. The molecule has 0 aliphatic carbocycles. The standard InChI is InChI=1S/C30H30O3/c1-5-13-25(14-6-1)29(32-27-17-9-3-10-18-27)21-23-31-24-22-30(26-15-7-2-8-16-26)33-28-19-11-4-12-20-28/h1-20,29-30H,21-24H2. The van der Waals surface area contributed by atoms with Crippen LogP contribution in [0, 0.1) is 0 Å². The molecule has 0 radical (unpaired) electrons. The quantitative estimate of drug-likeness (QED) is 0.215. The maximum Gasteiger partial charge on any atom is 0.126 e. The van der Waals surface area contributed by atoms with Crippen LogP contribution < -0.4 is 9.47 Å².